The number of carbonyl (C=O) groups excluding carboxylic acids is 1. The molecular formula is C34H41N7O2. The minimum absolute atomic E-state index is 0.134. The maximum Gasteiger partial charge on any atom is 0.318 e. The van der Waals surface area contributed by atoms with E-state index in [0.717, 1.165) is 43.0 Å². The molecule has 9 heteroatoms. The van der Waals surface area contributed by atoms with Crippen LogP contribution in [0.15, 0.2) is 55.1 Å². The molecule has 2 atom stereocenters. The Morgan fingerprint density at radius 2 is 1.93 bits per heavy atom. The fraction of sp³-hybridized carbons (Fsp3) is 0.471. The predicted molar refractivity (Wildman–Crippen MR) is 169 cm³/mol. The smallest absolute Gasteiger partial charge is 0.318 e. The number of benzene rings is 2. The first-order chi connectivity index (χ1) is 21.0. The molecule has 2 fully saturated rings. The molecule has 6 rings (SSSR count). The number of nitrogens with zero attached hydrogens (tertiary/aromatic N) is 7. The van der Waals surface area contributed by atoms with E-state index in [1.54, 1.807) is 4.90 Å². The number of nitriles is 1. The second-order valence-corrected chi connectivity index (χ2v) is 12.1. The minimum Gasteiger partial charge on any atom is -0.462 e. The summed E-state index contributed by atoms with van der Waals surface area (Å²) in [5, 5.41) is 12.0. The van der Waals surface area contributed by atoms with Crippen molar-refractivity contribution in [2.24, 2.45) is 0 Å². The van der Waals surface area contributed by atoms with E-state index in [1.165, 1.54) is 29.0 Å². The molecule has 2 saturated heterocycles. The zero-order valence-corrected chi connectivity index (χ0v) is 25.3. The number of hydrogen-bond donors (Lipinski definition) is 0. The molecule has 1 amide bonds. The largest absolute Gasteiger partial charge is 0.462 e. The number of aromatic nitrogens is 2. The number of likely N-dealkylation sites (tertiary alicyclic amines) is 1. The van der Waals surface area contributed by atoms with Crippen molar-refractivity contribution in [2.45, 2.75) is 64.2 Å². The van der Waals surface area contributed by atoms with Gasteiger partial charge in [0, 0.05) is 54.9 Å². The number of ether oxygens (including phenoxy) is 1. The molecule has 224 valence electrons. The van der Waals surface area contributed by atoms with Crippen molar-refractivity contribution < 1.29 is 9.53 Å². The van der Waals surface area contributed by atoms with Gasteiger partial charge in [-0.2, -0.15) is 15.2 Å². The van der Waals surface area contributed by atoms with Crippen LogP contribution in [0.25, 0.3) is 10.8 Å². The Hall–Kier alpha value is -4.16. The number of hydrogen-bond acceptors (Lipinski definition) is 8. The Morgan fingerprint density at radius 1 is 1.09 bits per heavy atom. The highest BCUT2D eigenvalue weighted by molar-refractivity contribution is 5.94. The van der Waals surface area contributed by atoms with Gasteiger partial charge in [0.1, 0.15) is 12.4 Å². The number of fused-ring (bicyclic) bond motifs is 2. The van der Waals surface area contributed by atoms with Crippen molar-refractivity contribution in [3.8, 4) is 12.1 Å². The SMILES string of the molecule is C=CC(=O)N1CCN(c2nc(OC[C@@H]3CCCN3C(C)C)nc3c2CCN(c2cccc4ccccc24)C3)C[C@@H]1CC#N. The third-order valence-corrected chi connectivity index (χ3v) is 9.19. The molecule has 0 bridgehead atoms. The topological polar surface area (TPSA) is 88.8 Å². The zero-order chi connectivity index (χ0) is 29.9. The highest BCUT2D eigenvalue weighted by atomic mass is 16.5. The average Bonchev–Trinajstić information content (AvgIpc) is 3.52. The number of anilines is 2. The minimum atomic E-state index is -0.229. The van der Waals surface area contributed by atoms with Gasteiger partial charge in [0.05, 0.1) is 30.8 Å². The van der Waals surface area contributed by atoms with Gasteiger partial charge in [-0.05, 0) is 57.2 Å². The molecule has 0 aliphatic carbocycles. The summed E-state index contributed by atoms with van der Waals surface area (Å²) >= 11 is 0. The van der Waals surface area contributed by atoms with E-state index >= 15 is 0 Å². The van der Waals surface area contributed by atoms with Crippen LogP contribution in [0, 0.1) is 11.3 Å². The number of carbonyl (C=O) groups is 1. The third kappa shape index (κ3) is 5.89. The summed E-state index contributed by atoms with van der Waals surface area (Å²) < 4.78 is 6.39. The maximum atomic E-state index is 12.6. The second kappa shape index (κ2) is 12.6. The van der Waals surface area contributed by atoms with Gasteiger partial charge in [-0.15, -0.1) is 0 Å². The van der Waals surface area contributed by atoms with Crippen LogP contribution in [0.1, 0.15) is 44.4 Å². The average molecular weight is 580 g/mol. The summed E-state index contributed by atoms with van der Waals surface area (Å²) in [5.41, 5.74) is 3.32. The normalized spacial score (nSPS) is 20.7. The van der Waals surface area contributed by atoms with Crippen LogP contribution in [0.3, 0.4) is 0 Å². The van der Waals surface area contributed by atoms with Crippen LogP contribution < -0.4 is 14.5 Å². The van der Waals surface area contributed by atoms with Crippen LogP contribution in [0.5, 0.6) is 6.01 Å². The van der Waals surface area contributed by atoms with Crippen molar-refractivity contribution in [1.29, 1.82) is 5.26 Å². The molecule has 0 saturated carbocycles. The van der Waals surface area contributed by atoms with Crippen molar-refractivity contribution in [2.75, 3.05) is 49.1 Å². The molecule has 0 unspecified atom stereocenters. The molecule has 43 heavy (non-hydrogen) atoms. The summed E-state index contributed by atoms with van der Waals surface area (Å²) in [4.78, 5) is 31.5. The Kier molecular flexibility index (Phi) is 8.48. The van der Waals surface area contributed by atoms with Gasteiger partial charge >= 0.3 is 6.01 Å². The van der Waals surface area contributed by atoms with E-state index in [-0.39, 0.29) is 18.4 Å². The highest BCUT2D eigenvalue weighted by Crippen LogP contribution is 2.35. The Balaban J connectivity index is 1.32. The molecule has 1 aromatic heterocycles. The molecule has 2 aromatic carbocycles. The summed E-state index contributed by atoms with van der Waals surface area (Å²) in [5.74, 6) is 0.740. The first-order valence-electron chi connectivity index (χ1n) is 15.5. The van der Waals surface area contributed by atoms with Crippen LogP contribution in [0.2, 0.25) is 0 Å². The highest BCUT2D eigenvalue weighted by Gasteiger charge is 2.34. The maximum absolute atomic E-state index is 12.6. The number of amides is 1. The van der Waals surface area contributed by atoms with E-state index in [4.69, 9.17) is 14.7 Å². The van der Waals surface area contributed by atoms with Gasteiger partial charge in [-0.1, -0.05) is 43.0 Å². The van der Waals surface area contributed by atoms with E-state index < -0.39 is 0 Å². The molecule has 3 aliphatic heterocycles. The molecule has 0 radical (unpaired) electrons. The molecule has 0 N–H and O–H groups in total. The van der Waals surface area contributed by atoms with Crippen LogP contribution in [-0.2, 0) is 17.8 Å². The lowest BCUT2D eigenvalue weighted by Gasteiger charge is -2.42. The van der Waals surface area contributed by atoms with Crippen molar-refractivity contribution in [1.82, 2.24) is 19.8 Å². The second-order valence-electron chi connectivity index (χ2n) is 12.1. The van der Waals surface area contributed by atoms with Crippen LogP contribution in [-0.4, -0.2) is 83.1 Å². The summed E-state index contributed by atoms with van der Waals surface area (Å²) in [6, 6.07) is 18.2. The first kappa shape index (κ1) is 28.9. The van der Waals surface area contributed by atoms with Gasteiger partial charge in [0.15, 0.2) is 0 Å². The monoisotopic (exact) mass is 579 g/mol. The molecular weight excluding hydrogens is 538 g/mol. The van der Waals surface area contributed by atoms with E-state index in [9.17, 15) is 10.1 Å². The lowest BCUT2D eigenvalue weighted by atomic mass is 10.0. The van der Waals surface area contributed by atoms with Crippen molar-refractivity contribution in [3.05, 3.63) is 66.4 Å². The van der Waals surface area contributed by atoms with Gasteiger partial charge in [0.2, 0.25) is 5.91 Å². The molecule has 9 nitrogen and oxygen atoms in total. The lowest BCUT2D eigenvalue weighted by Crippen LogP contribution is -2.55. The van der Waals surface area contributed by atoms with Crippen molar-refractivity contribution in [3.63, 3.8) is 0 Å². The van der Waals surface area contributed by atoms with Gasteiger partial charge in [-0.3, -0.25) is 9.69 Å². The van der Waals surface area contributed by atoms with Crippen LogP contribution >= 0.6 is 0 Å². The van der Waals surface area contributed by atoms with Gasteiger partial charge in [-0.25, -0.2) is 0 Å². The fourth-order valence-electron chi connectivity index (χ4n) is 7.03. The fourth-order valence-corrected chi connectivity index (χ4v) is 7.03. The molecule has 0 spiro atoms. The Morgan fingerprint density at radius 3 is 2.74 bits per heavy atom. The number of piperazine rings is 1. The number of rotatable bonds is 8. The molecule has 3 aliphatic rings. The predicted octanol–water partition coefficient (Wildman–Crippen LogP) is 4.56. The third-order valence-electron chi connectivity index (χ3n) is 9.19. The quantitative estimate of drug-likeness (QED) is 0.359. The molecule has 3 aromatic rings. The van der Waals surface area contributed by atoms with Gasteiger partial charge in [0.25, 0.3) is 0 Å². The Bertz CT molecular complexity index is 1530. The van der Waals surface area contributed by atoms with E-state index in [1.807, 2.05) is 0 Å². The Labute approximate surface area is 254 Å². The zero-order valence-electron chi connectivity index (χ0n) is 25.3. The summed E-state index contributed by atoms with van der Waals surface area (Å²) in [6.45, 7) is 13.0. The van der Waals surface area contributed by atoms with Crippen LogP contribution in [0.4, 0.5) is 11.5 Å². The standard InChI is InChI=1S/C34H41N7O2/c1-4-32(42)41-20-19-39(21-26(41)14-16-35)33-29-15-18-38(31-13-7-10-25-9-5-6-12-28(25)31)22-30(29)36-34(37-33)43-23-27-11-8-17-40(27)24(2)3/h4-7,9-10,12-13,24,26-27H,1,8,11,14-15,17-23H2,2-3H3/t26-,27-/m0/s1. The lowest BCUT2D eigenvalue weighted by molar-refractivity contribution is -0.128. The van der Waals surface area contributed by atoms with E-state index in [2.05, 4.69) is 83.7 Å². The summed E-state index contributed by atoms with van der Waals surface area (Å²) in [7, 11) is 0. The summed E-state index contributed by atoms with van der Waals surface area (Å²) in [6.07, 6.45) is 4.68. The van der Waals surface area contributed by atoms with Gasteiger partial charge < -0.3 is 19.4 Å². The van der Waals surface area contributed by atoms with E-state index in [0.29, 0.717) is 50.9 Å². The first-order valence-corrected chi connectivity index (χ1v) is 15.5. The van der Waals surface area contributed by atoms with Crippen molar-refractivity contribution >= 4 is 28.2 Å². The molecule has 4 heterocycles.